The van der Waals surface area contributed by atoms with Crippen molar-refractivity contribution in [1.82, 2.24) is 5.32 Å². The van der Waals surface area contributed by atoms with Gasteiger partial charge >= 0.3 is 0 Å². The molecule has 6 heteroatoms. The number of nitro groups is 1. The summed E-state index contributed by atoms with van der Waals surface area (Å²) in [5.41, 5.74) is 1.72. The number of rotatable bonds is 4. The number of benzene rings is 1. The molecule has 0 atom stereocenters. The molecule has 5 nitrogen and oxygen atoms in total. The third kappa shape index (κ3) is 3.41. The Morgan fingerprint density at radius 3 is 2.40 bits per heavy atom. The van der Waals surface area contributed by atoms with E-state index < -0.39 is 4.92 Å². The molecule has 0 aliphatic heterocycles. The molecule has 1 aliphatic carbocycles. The number of aryl methyl sites for hydroxylation is 1. The lowest BCUT2D eigenvalue weighted by molar-refractivity contribution is -0.384. The van der Waals surface area contributed by atoms with Gasteiger partial charge in [0.25, 0.3) is 5.69 Å². The van der Waals surface area contributed by atoms with Crippen LogP contribution in [0.1, 0.15) is 31.2 Å². The summed E-state index contributed by atoms with van der Waals surface area (Å²) in [5, 5.41) is 17.8. The molecule has 0 aromatic heterocycles. The van der Waals surface area contributed by atoms with Crippen molar-refractivity contribution < 1.29 is 4.92 Å². The van der Waals surface area contributed by atoms with Crippen molar-refractivity contribution in [1.29, 1.82) is 0 Å². The molecular formula is C14H20ClN3O2. The molecule has 0 spiro atoms. The van der Waals surface area contributed by atoms with E-state index in [9.17, 15) is 10.1 Å². The van der Waals surface area contributed by atoms with Crippen molar-refractivity contribution in [2.24, 2.45) is 0 Å². The minimum Gasteiger partial charge on any atom is -0.382 e. The van der Waals surface area contributed by atoms with Gasteiger partial charge in [0.15, 0.2) is 0 Å². The van der Waals surface area contributed by atoms with Crippen LogP contribution in [0.15, 0.2) is 12.1 Å². The van der Waals surface area contributed by atoms with E-state index in [0.717, 1.165) is 36.9 Å². The number of nitrogens with zero attached hydrogens (tertiary/aromatic N) is 1. The van der Waals surface area contributed by atoms with Crippen LogP contribution in [0.4, 0.5) is 11.4 Å². The first kappa shape index (κ1) is 15.1. The van der Waals surface area contributed by atoms with Crippen LogP contribution in [-0.4, -0.2) is 24.1 Å². The molecular weight excluding hydrogens is 278 g/mol. The van der Waals surface area contributed by atoms with Crippen LogP contribution < -0.4 is 10.6 Å². The van der Waals surface area contributed by atoms with Gasteiger partial charge in [-0.1, -0.05) is 11.6 Å². The van der Waals surface area contributed by atoms with Gasteiger partial charge in [0.05, 0.1) is 4.92 Å². The predicted octanol–water partition coefficient (Wildman–Crippen LogP) is 3.50. The van der Waals surface area contributed by atoms with Gasteiger partial charge in [-0.3, -0.25) is 10.1 Å². The second kappa shape index (κ2) is 6.41. The molecule has 20 heavy (non-hydrogen) atoms. The standard InChI is InChI=1S/C14H20ClN3O2/c1-9-7-14(18(19)20)12(15)8-13(9)17-11-5-3-10(16-2)4-6-11/h7-8,10-11,16-17H,3-6H2,1-2H3. The Morgan fingerprint density at radius 2 is 1.85 bits per heavy atom. The highest BCUT2D eigenvalue weighted by atomic mass is 35.5. The average Bonchev–Trinajstić information content (AvgIpc) is 2.43. The van der Waals surface area contributed by atoms with Gasteiger partial charge in [-0.15, -0.1) is 0 Å². The van der Waals surface area contributed by atoms with Gasteiger partial charge in [0.2, 0.25) is 0 Å². The number of hydrogen-bond donors (Lipinski definition) is 2. The van der Waals surface area contributed by atoms with E-state index in [2.05, 4.69) is 10.6 Å². The lowest BCUT2D eigenvalue weighted by atomic mass is 9.91. The van der Waals surface area contributed by atoms with E-state index in [1.54, 1.807) is 6.07 Å². The molecule has 0 radical (unpaired) electrons. The molecule has 1 fully saturated rings. The van der Waals surface area contributed by atoms with E-state index >= 15 is 0 Å². The quantitative estimate of drug-likeness (QED) is 0.659. The largest absolute Gasteiger partial charge is 0.382 e. The number of nitrogens with one attached hydrogen (secondary N) is 2. The Kier molecular flexibility index (Phi) is 4.83. The van der Waals surface area contributed by atoms with E-state index in [1.165, 1.54) is 6.07 Å². The van der Waals surface area contributed by atoms with Gasteiger partial charge in [0, 0.05) is 23.8 Å². The Bertz CT molecular complexity index is 499. The monoisotopic (exact) mass is 297 g/mol. The van der Waals surface area contributed by atoms with Gasteiger partial charge in [-0.2, -0.15) is 0 Å². The molecule has 1 saturated carbocycles. The molecule has 0 bridgehead atoms. The van der Waals surface area contributed by atoms with Crippen LogP contribution >= 0.6 is 11.6 Å². The Labute approximate surface area is 123 Å². The van der Waals surface area contributed by atoms with E-state index in [1.807, 2.05) is 14.0 Å². The maximum absolute atomic E-state index is 10.8. The van der Waals surface area contributed by atoms with Crippen LogP contribution in [0.25, 0.3) is 0 Å². The molecule has 1 aromatic rings. The average molecular weight is 298 g/mol. The molecule has 0 heterocycles. The normalized spacial score (nSPS) is 22.6. The lowest BCUT2D eigenvalue weighted by Crippen LogP contribution is -2.35. The molecule has 2 N–H and O–H groups in total. The van der Waals surface area contributed by atoms with Crippen LogP contribution in [0.3, 0.4) is 0 Å². The molecule has 2 rings (SSSR count). The van der Waals surface area contributed by atoms with E-state index in [-0.39, 0.29) is 10.7 Å². The van der Waals surface area contributed by atoms with Gasteiger partial charge in [-0.25, -0.2) is 0 Å². The number of anilines is 1. The zero-order valence-electron chi connectivity index (χ0n) is 11.8. The number of halogens is 1. The fourth-order valence-electron chi connectivity index (χ4n) is 2.71. The van der Waals surface area contributed by atoms with Crippen LogP contribution in [0, 0.1) is 17.0 Å². The summed E-state index contributed by atoms with van der Waals surface area (Å²) in [6.45, 7) is 1.87. The minimum absolute atomic E-state index is 0.0337. The summed E-state index contributed by atoms with van der Waals surface area (Å²) in [6, 6.07) is 4.22. The Hall–Kier alpha value is -1.33. The summed E-state index contributed by atoms with van der Waals surface area (Å²) < 4.78 is 0. The zero-order valence-corrected chi connectivity index (χ0v) is 12.5. The van der Waals surface area contributed by atoms with E-state index in [0.29, 0.717) is 12.1 Å². The van der Waals surface area contributed by atoms with Crippen LogP contribution in [0.2, 0.25) is 5.02 Å². The van der Waals surface area contributed by atoms with Crippen molar-refractivity contribution in [2.45, 2.75) is 44.7 Å². The number of nitro benzene ring substituents is 1. The SMILES string of the molecule is CNC1CCC(Nc2cc(Cl)c([N+](=O)[O-])cc2C)CC1. The van der Waals surface area contributed by atoms with E-state index in [4.69, 9.17) is 11.6 Å². The highest BCUT2D eigenvalue weighted by molar-refractivity contribution is 6.33. The van der Waals surface area contributed by atoms with Crippen LogP contribution in [-0.2, 0) is 0 Å². The van der Waals surface area contributed by atoms with Gasteiger partial charge in [-0.05, 0) is 51.3 Å². The fourth-order valence-corrected chi connectivity index (χ4v) is 2.94. The van der Waals surface area contributed by atoms with Crippen molar-refractivity contribution in [3.05, 3.63) is 32.8 Å². The smallest absolute Gasteiger partial charge is 0.288 e. The maximum Gasteiger partial charge on any atom is 0.288 e. The van der Waals surface area contributed by atoms with Gasteiger partial charge in [0.1, 0.15) is 5.02 Å². The maximum atomic E-state index is 10.8. The molecule has 1 aromatic carbocycles. The topological polar surface area (TPSA) is 67.2 Å². The highest BCUT2D eigenvalue weighted by Gasteiger charge is 2.21. The van der Waals surface area contributed by atoms with Crippen molar-refractivity contribution in [3.63, 3.8) is 0 Å². The summed E-state index contributed by atoms with van der Waals surface area (Å²) in [7, 11) is 2.00. The molecule has 1 aliphatic rings. The third-order valence-corrected chi connectivity index (χ3v) is 4.29. The summed E-state index contributed by atoms with van der Waals surface area (Å²) in [6.07, 6.45) is 4.49. The van der Waals surface area contributed by atoms with Crippen molar-refractivity contribution in [2.75, 3.05) is 12.4 Å². The molecule has 0 amide bonds. The number of hydrogen-bond acceptors (Lipinski definition) is 4. The summed E-state index contributed by atoms with van der Waals surface area (Å²) in [5.74, 6) is 0. The summed E-state index contributed by atoms with van der Waals surface area (Å²) >= 11 is 5.97. The molecule has 0 unspecified atom stereocenters. The molecule has 110 valence electrons. The fraction of sp³-hybridized carbons (Fsp3) is 0.571. The predicted molar refractivity (Wildman–Crippen MR) is 81.6 cm³/mol. The third-order valence-electron chi connectivity index (χ3n) is 3.99. The second-order valence-corrected chi connectivity index (χ2v) is 5.76. The van der Waals surface area contributed by atoms with Crippen molar-refractivity contribution in [3.8, 4) is 0 Å². The summed E-state index contributed by atoms with van der Waals surface area (Å²) in [4.78, 5) is 10.4. The lowest BCUT2D eigenvalue weighted by Gasteiger charge is -2.30. The van der Waals surface area contributed by atoms with Crippen LogP contribution in [0.5, 0.6) is 0 Å². The zero-order chi connectivity index (χ0) is 14.7. The minimum atomic E-state index is -0.447. The molecule has 0 saturated heterocycles. The highest BCUT2D eigenvalue weighted by Crippen LogP contribution is 2.32. The van der Waals surface area contributed by atoms with Crippen molar-refractivity contribution >= 4 is 23.0 Å². The second-order valence-electron chi connectivity index (χ2n) is 5.36. The Morgan fingerprint density at radius 1 is 1.25 bits per heavy atom. The first-order valence-corrected chi connectivity index (χ1v) is 7.27. The first-order valence-electron chi connectivity index (χ1n) is 6.89. The van der Waals surface area contributed by atoms with Gasteiger partial charge < -0.3 is 10.6 Å². The first-order chi connectivity index (χ1) is 9.51. The Balaban J connectivity index is 2.07.